The highest BCUT2D eigenvalue weighted by molar-refractivity contribution is 6.32. The number of tetrazole rings is 1. The summed E-state index contributed by atoms with van der Waals surface area (Å²) >= 11 is 5.99. The lowest BCUT2D eigenvalue weighted by molar-refractivity contribution is 0.627. The first kappa shape index (κ1) is 13.4. The Labute approximate surface area is 123 Å². The molecule has 3 rings (SSSR count). The molecule has 0 saturated carbocycles. The maximum absolute atomic E-state index is 13.5. The molecule has 3 aromatic rings. The zero-order valence-corrected chi connectivity index (χ0v) is 11.2. The van der Waals surface area contributed by atoms with Crippen molar-refractivity contribution in [3.05, 3.63) is 53.1 Å². The number of hydrogen-bond donors (Lipinski definition) is 1. The highest BCUT2D eigenvalue weighted by Gasteiger charge is 2.15. The molecule has 21 heavy (non-hydrogen) atoms. The lowest BCUT2D eigenvalue weighted by atomic mass is 10.2. The van der Waals surface area contributed by atoms with E-state index in [1.807, 2.05) is 0 Å². The largest absolute Gasteiger partial charge is 0.399 e. The van der Waals surface area contributed by atoms with Gasteiger partial charge in [0.1, 0.15) is 11.6 Å². The van der Waals surface area contributed by atoms with Crippen LogP contribution in [0.2, 0.25) is 5.02 Å². The van der Waals surface area contributed by atoms with Gasteiger partial charge in [-0.25, -0.2) is 8.78 Å². The molecule has 0 radical (unpaired) electrons. The van der Waals surface area contributed by atoms with E-state index >= 15 is 0 Å². The summed E-state index contributed by atoms with van der Waals surface area (Å²) in [6.07, 6.45) is 0. The summed E-state index contributed by atoms with van der Waals surface area (Å²) in [4.78, 5) is 0. The second kappa shape index (κ2) is 5.10. The van der Waals surface area contributed by atoms with Crippen LogP contribution in [0.15, 0.2) is 36.4 Å². The molecule has 0 saturated heterocycles. The smallest absolute Gasteiger partial charge is 0.187 e. The SMILES string of the molecule is Nc1cc(F)cc(-c2nnnn2-c2ccc(F)cc2Cl)c1. The van der Waals surface area contributed by atoms with Gasteiger partial charge < -0.3 is 5.73 Å². The Hall–Kier alpha value is -2.54. The Kier molecular flexibility index (Phi) is 3.26. The molecule has 0 atom stereocenters. The minimum atomic E-state index is -0.509. The van der Waals surface area contributed by atoms with Crippen LogP contribution in [-0.2, 0) is 0 Å². The molecule has 0 fully saturated rings. The van der Waals surface area contributed by atoms with E-state index in [4.69, 9.17) is 17.3 Å². The van der Waals surface area contributed by atoms with Gasteiger partial charge in [-0.15, -0.1) is 5.10 Å². The normalized spacial score (nSPS) is 10.8. The van der Waals surface area contributed by atoms with Crippen molar-refractivity contribution < 1.29 is 8.78 Å². The third-order valence-corrected chi connectivity index (χ3v) is 3.09. The average molecular weight is 308 g/mol. The van der Waals surface area contributed by atoms with Crippen LogP contribution in [0.25, 0.3) is 17.1 Å². The minimum absolute atomic E-state index is 0.132. The van der Waals surface area contributed by atoms with E-state index in [0.717, 1.165) is 6.07 Å². The van der Waals surface area contributed by atoms with Crippen molar-refractivity contribution >= 4 is 17.3 Å². The van der Waals surface area contributed by atoms with Gasteiger partial charge in [-0.2, -0.15) is 4.68 Å². The van der Waals surface area contributed by atoms with Crippen molar-refractivity contribution in [1.82, 2.24) is 20.2 Å². The van der Waals surface area contributed by atoms with E-state index in [1.165, 1.54) is 35.0 Å². The van der Waals surface area contributed by atoms with Crippen molar-refractivity contribution in [3.63, 3.8) is 0 Å². The summed E-state index contributed by atoms with van der Waals surface area (Å²) in [7, 11) is 0. The zero-order valence-electron chi connectivity index (χ0n) is 10.5. The Bertz CT molecular complexity index is 798. The number of nitrogens with zero attached hydrogens (tertiary/aromatic N) is 4. The van der Waals surface area contributed by atoms with E-state index in [9.17, 15) is 8.78 Å². The third-order valence-electron chi connectivity index (χ3n) is 2.79. The number of rotatable bonds is 2. The van der Waals surface area contributed by atoms with Crippen LogP contribution in [0, 0.1) is 11.6 Å². The van der Waals surface area contributed by atoms with Crippen molar-refractivity contribution in [2.75, 3.05) is 5.73 Å². The number of anilines is 1. The second-order valence-corrected chi connectivity index (χ2v) is 4.69. The first-order chi connectivity index (χ1) is 10.0. The minimum Gasteiger partial charge on any atom is -0.399 e. The topological polar surface area (TPSA) is 69.6 Å². The van der Waals surface area contributed by atoms with Gasteiger partial charge in [0, 0.05) is 11.3 Å². The molecule has 5 nitrogen and oxygen atoms in total. The lowest BCUT2D eigenvalue weighted by Crippen LogP contribution is -2.02. The first-order valence-electron chi connectivity index (χ1n) is 5.85. The Morgan fingerprint density at radius 3 is 2.57 bits per heavy atom. The fourth-order valence-corrected chi connectivity index (χ4v) is 2.17. The summed E-state index contributed by atoms with van der Waals surface area (Å²) in [6.45, 7) is 0. The Morgan fingerprint density at radius 2 is 1.86 bits per heavy atom. The molecule has 0 spiro atoms. The molecule has 0 unspecified atom stereocenters. The number of nitrogens with two attached hydrogens (primary N) is 1. The van der Waals surface area contributed by atoms with E-state index in [2.05, 4.69) is 15.5 Å². The number of aromatic nitrogens is 4. The van der Waals surface area contributed by atoms with Crippen LogP contribution in [0.4, 0.5) is 14.5 Å². The maximum atomic E-state index is 13.5. The highest BCUT2D eigenvalue weighted by atomic mass is 35.5. The van der Waals surface area contributed by atoms with Gasteiger partial charge in [0.15, 0.2) is 5.82 Å². The quantitative estimate of drug-likeness (QED) is 0.739. The van der Waals surface area contributed by atoms with Crippen LogP contribution in [-0.4, -0.2) is 20.2 Å². The third kappa shape index (κ3) is 2.55. The first-order valence-corrected chi connectivity index (χ1v) is 6.22. The van der Waals surface area contributed by atoms with Gasteiger partial charge in [-0.1, -0.05) is 11.6 Å². The standard InChI is InChI=1S/C13H8ClF2N5/c14-11-6-8(15)1-2-12(11)21-13(18-19-20-21)7-3-9(16)5-10(17)4-7/h1-6H,17H2. The molecule has 1 aromatic heterocycles. The molecule has 0 amide bonds. The van der Waals surface area contributed by atoms with Crippen LogP contribution >= 0.6 is 11.6 Å². The molecule has 2 aromatic carbocycles. The number of benzene rings is 2. The molecular weight excluding hydrogens is 300 g/mol. The number of hydrogen-bond acceptors (Lipinski definition) is 4. The molecule has 0 aliphatic rings. The zero-order chi connectivity index (χ0) is 15.0. The van der Waals surface area contributed by atoms with Crippen LogP contribution in [0.5, 0.6) is 0 Å². The van der Waals surface area contributed by atoms with E-state index in [1.54, 1.807) is 0 Å². The van der Waals surface area contributed by atoms with Gasteiger partial charge in [-0.05, 0) is 46.8 Å². The monoisotopic (exact) mass is 307 g/mol. The van der Waals surface area contributed by atoms with Crippen molar-refractivity contribution in [1.29, 1.82) is 0 Å². The Morgan fingerprint density at radius 1 is 1.05 bits per heavy atom. The fraction of sp³-hybridized carbons (Fsp3) is 0. The van der Waals surface area contributed by atoms with Crippen LogP contribution in [0.1, 0.15) is 0 Å². The van der Waals surface area contributed by atoms with Gasteiger partial charge >= 0.3 is 0 Å². The summed E-state index contributed by atoms with van der Waals surface area (Å²) in [5, 5.41) is 11.3. The van der Waals surface area contributed by atoms with Crippen molar-refractivity contribution in [3.8, 4) is 17.1 Å². The van der Waals surface area contributed by atoms with E-state index < -0.39 is 11.6 Å². The van der Waals surface area contributed by atoms with Crippen molar-refractivity contribution in [2.24, 2.45) is 0 Å². The van der Waals surface area contributed by atoms with Crippen molar-refractivity contribution in [2.45, 2.75) is 0 Å². The predicted octanol–water partition coefficient (Wildman–Crippen LogP) is 2.84. The van der Waals surface area contributed by atoms with Gasteiger partial charge in [0.05, 0.1) is 10.7 Å². The molecule has 0 bridgehead atoms. The second-order valence-electron chi connectivity index (χ2n) is 4.28. The molecule has 0 aliphatic carbocycles. The van der Waals surface area contributed by atoms with Crippen LogP contribution < -0.4 is 5.73 Å². The summed E-state index contributed by atoms with van der Waals surface area (Å²) in [6, 6.07) is 7.76. The van der Waals surface area contributed by atoms with Gasteiger partial charge in [-0.3, -0.25) is 0 Å². The highest BCUT2D eigenvalue weighted by Crippen LogP contribution is 2.26. The summed E-state index contributed by atoms with van der Waals surface area (Å²) < 4.78 is 27.8. The van der Waals surface area contributed by atoms with Crippen LogP contribution in [0.3, 0.4) is 0 Å². The van der Waals surface area contributed by atoms with E-state index in [-0.39, 0.29) is 16.5 Å². The summed E-state index contributed by atoms with van der Waals surface area (Å²) in [5.74, 6) is -0.743. The van der Waals surface area contributed by atoms with Gasteiger partial charge in [0.2, 0.25) is 0 Å². The predicted molar refractivity (Wildman–Crippen MR) is 73.9 cm³/mol. The van der Waals surface area contributed by atoms with E-state index in [0.29, 0.717) is 11.3 Å². The Balaban J connectivity index is 2.17. The summed E-state index contributed by atoms with van der Waals surface area (Å²) in [5.41, 5.74) is 6.61. The maximum Gasteiger partial charge on any atom is 0.187 e. The average Bonchev–Trinajstić information content (AvgIpc) is 2.86. The molecule has 8 heteroatoms. The lowest BCUT2D eigenvalue weighted by Gasteiger charge is -2.07. The molecule has 106 valence electrons. The molecular formula is C13H8ClF2N5. The number of halogens is 3. The fourth-order valence-electron chi connectivity index (χ4n) is 1.92. The molecule has 0 aliphatic heterocycles. The molecule has 2 N–H and O–H groups in total. The molecule has 1 heterocycles. The number of nitrogen functional groups attached to an aromatic ring is 1. The van der Waals surface area contributed by atoms with Gasteiger partial charge in [0.25, 0.3) is 0 Å².